The lowest BCUT2D eigenvalue weighted by Crippen LogP contribution is -2.00. The van der Waals surface area contributed by atoms with Gasteiger partial charge in [-0.3, -0.25) is 4.68 Å². The summed E-state index contributed by atoms with van der Waals surface area (Å²) >= 11 is 0. The van der Waals surface area contributed by atoms with Crippen molar-refractivity contribution in [2.45, 2.75) is 0 Å². The molecule has 0 bridgehead atoms. The van der Waals surface area contributed by atoms with Crippen molar-refractivity contribution >= 4 is 5.82 Å². The van der Waals surface area contributed by atoms with E-state index in [1.807, 2.05) is 0 Å². The van der Waals surface area contributed by atoms with Gasteiger partial charge in [-0.05, 0) is 0 Å². The van der Waals surface area contributed by atoms with E-state index in [4.69, 9.17) is 10.5 Å². The number of nitrogens with two attached hydrogens (primary N) is 1. The molecule has 1 aromatic heterocycles. The van der Waals surface area contributed by atoms with Gasteiger partial charge in [0.25, 0.3) is 0 Å². The fourth-order valence-corrected chi connectivity index (χ4v) is 1.56. The van der Waals surface area contributed by atoms with E-state index in [0.717, 1.165) is 12.1 Å². The fourth-order valence-electron chi connectivity index (χ4n) is 1.56. The predicted molar refractivity (Wildman–Crippen MR) is 59.5 cm³/mol. The van der Waals surface area contributed by atoms with Gasteiger partial charge < -0.3 is 10.5 Å². The third kappa shape index (κ3) is 1.82. The average Bonchev–Trinajstić information content (AvgIpc) is 2.60. The van der Waals surface area contributed by atoms with Gasteiger partial charge in [0.15, 0.2) is 0 Å². The standard InChI is InChI=1S/C11H11F2N3O/c1-16-11(14)7(5-15-16)10-8(12)3-6(17-2)4-9(10)13/h3-5H,14H2,1-2H3. The first-order valence-corrected chi connectivity index (χ1v) is 4.85. The number of rotatable bonds is 2. The number of nitrogen functional groups attached to an aromatic ring is 1. The molecular weight excluding hydrogens is 228 g/mol. The van der Waals surface area contributed by atoms with E-state index >= 15 is 0 Å². The molecule has 0 saturated heterocycles. The van der Waals surface area contributed by atoms with Gasteiger partial charge in [0.1, 0.15) is 23.2 Å². The summed E-state index contributed by atoms with van der Waals surface area (Å²) in [6, 6.07) is 2.20. The zero-order valence-corrected chi connectivity index (χ0v) is 9.37. The molecule has 4 nitrogen and oxygen atoms in total. The van der Waals surface area contributed by atoms with Crippen LogP contribution in [0.2, 0.25) is 0 Å². The van der Waals surface area contributed by atoms with Gasteiger partial charge in [-0.1, -0.05) is 0 Å². The normalized spacial score (nSPS) is 10.6. The van der Waals surface area contributed by atoms with Crippen LogP contribution in [0.1, 0.15) is 0 Å². The maximum absolute atomic E-state index is 13.8. The van der Waals surface area contributed by atoms with Crippen molar-refractivity contribution in [2.24, 2.45) is 7.05 Å². The number of hydrogen-bond donors (Lipinski definition) is 1. The number of methoxy groups -OCH3 is 1. The molecule has 0 spiro atoms. The van der Waals surface area contributed by atoms with E-state index in [1.165, 1.54) is 18.0 Å². The maximum atomic E-state index is 13.8. The lowest BCUT2D eigenvalue weighted by molar-refractivity contribution is 0.407. The van der Waals surface area contributed by atoms with Gasteiger partial charge in [-0.2, -0.15) is 5.10 Å². The van der Waals surface area contributed by atoms with Crippen molar-refractivity contribution in [1.29, 1.82) is 0 Å². The first kappa shape index (κ1) is 11.4. The molecule has 0 saturated carbocycles. The molecule has 0 atom stereocenters. The summed E-state index contributed by atoms with van der Waals surface area (Å²) in [4.78, 5) is 0. The summed E-state index contributed by atoms with van der Waals surface area (Å²) in [6.45, 7) is 0. The number of anilines is 1. The Balaban J connectivity index is 2.64. The van der Waals surface area contributed by atoms with Crippen LogP contribution in [-0.4, -0.2) is 16.9 Å². The van der Waals surface area contributed by atoms with Crippen molar-refractivity contribution in [3.63, 3.8) is 0 Å². The van der Waals surface area contributed by atoms with Crippen LogP contribution in [0.15, 0.2) is 18.3 Å². The molecule has 1 aromatic carbocycles. The minimum Gasteiger partial charge on any atom is -0.497 e. The molecule has 2 aromatic rings. The van der Waals surface area contributed by atoms with Crippen LogP contribution in [0, 0.1) is 11.6 Å². The van der Waals surface area contributed by atoms with Crippen molar-refractivity contribution in [3.8, 4) is 16.9 Å². The Morgan fingerprint density at radius 1 is 1.29 bits per heavy atom. The van der Waals surface area contributed by atoms with E-state index in [-0.39, 0.29) is 22.7 Å². The van der Waals surface area contributed by atoms with Gasteiger partial charge in [-0.15, -0.1) is 0 Å². The second-order valence-corrected chi connectivity index (χ2v) is 3.53. The molecule has 0 fully saturated rings. The molecule has 2 N–H and O–H groups in total. The van der Waals surface area contributed by atoms with E-state index in [0.29, 0.717) is 0 Å². The van der Waals surface area contributed by atoms with Gasteiger partial charge in [0, 0.05) is 24.7 Å². The highest BCUT2D eigenvalue weighted by Gasteiger charge is 2.18. The van der Waals surface area contributed by atoms with Gasteiger partial charge in [0.05, 0.1) is 18.9 Å². The summed E-state index contributed by atoms with van der Waals surface area (Å²) in [5, 5.41) is 3.84. The van der Waals surface area contributed by atoms with E-state index in [1.54, 1.807) is 7.05 Å². The van der Waals surface area contributed by atoms with Crippen molar-refractivity contribution < 1.29 is 13.5 Å². The number of hydrogen-bond acceptors (Lipinski definition) is 3. The van der Waals surface area contributed by atoms with Crippen LogP contribution in [0.4, 0.5) is 14.6 Å². The third-order valence-corrected chi connectivity index (χ3v) is 2.51. The fraction of sp³-hybridized carbons (Fsp3) is 0.182. The third-order valence-electron chi connectivity index (χ3n) is 2.51. The number of aromatic nitrogens is 2. The smallest absolute Gasteiger partial charge is 0.137 e. The molecule has 0 aliphatic heterocycles. The number of nitrogens with zero attached hydrogens (tertiary/aromatic N) is 2. The van der Waals surface area contributed by atoms with E-state index in [2.05, 4.69) is 5.10 Å². The summed E-state index contributed by atoms with van der Waals surface area (Å²) in [5.74, 6) is -1.15. The molecule has 90 valence electrons. The lowest BCUT2D eigenvalue weighted by Gasteiger charge is -2.07. The average molecular weight is 239 g/mol. The quantitative estimate of drug-likeness (QED) is 0.871. The predicted octanol–water partition coefficient (Wildman–Crippen LogP) is 1.96. The van der Waals surface area contributed by atoms with Crippen LogP contribution in [-0.2, 0) is 7.05 Å². The first-order valence-electron chi connectivity index (χ1n) is 4.85. The molecule has 0 aliphatic carbocycles. The second kappa shape index (κ2) is 4.04. The Kier molecular flexibility index (Phi) is 2.71. The Labute approximate surface area is 96.6 Å². The molecule has 0 unspecified atom stereocenters. The largest absolute Gasteiger partial charge is 0.497 e. The number of halogens is 2. The second-order valence-electron chi connectivity index (χ2n) is 3.53. The molecule has 0 aliphatic rings. The SMILES string of the molecule is COc1cc(F)c(-c2cnn(C)c2N)c(F)c1. The van der Waals surface area contributed by atoms with Gasteiger partial charge >= 0.3 is 0 Å². The van der Waals surface area contributed by atoms with E-state index in [9.17, 15) is 8.78 Å². The summed E-state index contributed by atoms with van der Waals surface area (Å²) in [7, 11) is 2.94. The topological polar surface area (TPSA) is 53.1 Å². The maximum Gasteiger partial charge on any atom is 0.137 e. The van der Waals surface area contributed by atoms with Crippen LogP contribution in [0.3, 0.4) is 0 Å². The summed E-state index contributed by atoms with van der Waals surface area (Å²) in [5.41, 5.74) is 5.71. The number of benzene rings is 1. The minimum absolute atomic E-state index is 0.117. The first-order chi connectivity index (χ1) is 8.04. The highest BCUT2D eigenvalue weighted by molar-refractivity contribution is 5.74. The van der Waals surface area contributed by atoms with Crippen molar-refractivity contribution in [3.05, 3.63) is 30.0 Å². The monoisotopic (exact) mass is 239 g/mol. The molecule has 17 heavy (non-hydrogen) atoms. The number of ether oxygens (including phenoxy) is 1. The van der Waals surface area contributed by atoms with Crippen LogP contribution < -0.4 is 10.5 Å². The van der Waals surface area contributed by atoms with Crippen LogP contribution in [0.5, 0.6) is 5.75 Å². The van der Waals surface area contributed by atoms with Crippen molar-refractivity contribution in [2.75, 3.05) is 12.8 Å². The molecule has 1 heterocycles. The number of aryl methyl sites for hydroxylation is 1. The van der Waals surface area contributed by atoms with Crippen LogP contribution in [0.25, 0.3) is 11.1 Å². The molecule has 2 rings (SSSR count). The zero-order valence-electron chi connectivity index (χ0n) is 9.37. The Morgan fingerprint density at radius 2 is 1.88 bits per heavy atom. The van der Waals surface area contributed by atoms with Gasteiger partial charge in [-0.25, -0.2) is 8.78 Å². The molecular formula is C11H11F2N3O. The van der Waals surface area contributed by atoms with Crippen molar-refractivity contribution in [1.82, 2.24) is 9.78 Å². The molecule has 0 amide bonds. The molecule has 0 radical (unpaired) electrons. The molecule has 6 heteroatoms. The Hall–Kier alpha value is -2.11. The minimum atomic E-state index is -0.735. The highest BCUT2D eigenvalue weighted by Crippen LogP contribution is 2.32. The Bertz CT molecular complexity index is 543. The van der Waals surface area contributed by atoms with Crippen LogP contribution >= 0.6 is 0 Å². The zero-order chi connectivity index (χ0) is 12.6. The van der Waals surface area contributed by atoms with E-state index < -0.39 is 11.6 Å². The summed E-state index contributed by atoms with van der Waals surface area (Å²) < 4.78 is 33.6. The Morgan fingerprint density at radius 3 is 2.29 bits per heavy atom. The lowest BCUT2D eigenvalue weighted by atomic mass is 10.1. The summed E-state index contributed by atoms with van der Waals surface area (Å²) in [6.07, 6.45) is 1.32. The highest BCUT2D eigenvalue weighted by atomic mass is 19.1. The van der Waals surface area contributed by atoms with Gasteiger partial charge in [0.2, 0.25) is 0 Å².